The van der Waals surface area contributed by atoms with Crippen LogP contribution in [0.25, 0.3) is 0 Å². The first kappa shape index (κ1) is 13.7. The fraction of sp³-hybridized carbons (Fsp3) is 0.250. The molecule has 0 aliphatic carbocycles. The van der Waals surface area contributed by atoms with Crippen LogP contribution in [0.1, 0.15) is 0 Å². The lowest BCUT2D eigenvalue weighted by Gasteiger charge is -2.05. The Hall–Kier alpha value is -2.77. The maximum atomic E-state index is 10.9. The molecule has 2 aromatic rings. The molecule has 8 heteroatoms. The summed E-state index contributed by atoms with van der Waals surface area (Å²) in [6.45, 7) is 0.842. The van der Waals surface area contributed by atoms with Crippen molar-refractivity contribution in [2.24, 2.45) is 12.2 Å². The Balaban J connectivity index is 2.05. The van der Waals surface area contributed by atoms with E-state index in [9.17, 15) is 15.0 Å². The Morgan fingerprint density at radius 3 is 2.90 bits per heavy atom. The number of aromatic nitrogens is 2. The van der Waals surface area contributed by atoms with Crippen LogP contribution in [-0.4, -0.2) is 16.1 Å². The molecule has 0 saturated carbocycles. The van der Waals surface area contributed by atoms with Crippen LogP contribution >= 0.6 is 0 Å². The molecule has 104 valence electrons. The van der Waals surface area contributed by atoms with E-state index in [2.05, 4.69) is 5.18 Å². The Morgan fingerprint density at radius 1 is 1.50 bits per heavy atom. The van der Waals surface area contributed by atoms with Crippen LogP contribution in [0.4, 0.5) is 11.4 Å². The summed E-state index contributed by atoms with van der Waals surface area (Å²) in [6.07, 6.45) is 5.63. The molecule has 1 heterocycles. The minimum absolute atomic E-state index is 0.00137. The van der Waals surface area contributed by atoms with Crippen LogP contribution in [0.5, 0.6) is 5.75 Å². The van der Waals surface area contributed by atoms with Gasteiger partial charge in [-0.1, -0.05) is 0 Å². The predicted octanol–water partition coefficient (Wildman–Crippen LogP) is 1.70. The van der Waals surface area contributed by atoms with Gasteiger partial charge in [0.05, 0.1) is 12.0 Å². The summed E-state index contributed by atoms with van der Waals surface area (Å²) in [7, 11) is 1.90. The average molecular weight is 277 g/mol. The van der Waals surface area contributed by atoms with E-state index in [4.69, 9.17) is 4.74 Å². The van der Waals surface area contributed by atoms with Crippen molar-refractivity contribution in [3.05, 3.63) is 51.9 Å². The van der Waals surface area contributed by atoms with E-state index in [-0.39, 0.29) is 23.7 Å². The minimum atomic E-state index is -0.598. The van der Waals surface area contributed by atoms with Gasteiger partial charge < -0.3 is 4.74 Å². The van der Waals surface area contributed by atoms with Crippen molar-refractivity contribution in [3.8, 4) is 5.75 Å². The average Bonchev–Trinajstić information content (AvgIpc) is 2.84. The standard InChI is InChI=1S/C12H13N4O4/c1-14-4-5-15(9-14)6-7-20-12-3-2-10(13-17)8-11(12)16(18)19/h2-5,8-9H,6-7H2,1H3/q+1. The lowest BCUT2D eigenvalue weighted by molar-refractivity contribution is -0.671. The lowest BCUT2D eigenvalue weighted by atomic mass is 10.2. The van der Waals surface area contributed by atoms with Crippen molar-refractivity contribution in [2.45, 2.75) is 6.54 Å². The summed E-state index contributed by atoms with van der Waals surface area (Å²) >= 11 is 0. The number of hydrogen-bond donors (Lipinski definition) is 0. The minimum Gasteiger partial charge on any atom is -0.483 e. The molecule has 0 aliphatic rings. The molecule has 1 aromatic heterocycles. The molecule has 0 radical (unpaired) electrons. The highest BCUT2D eigenvalue weighted by Gasteiger charge is 2.16. The highest BCUT2D eigenvalue weighted by molar-refractivity contribution is 5.55. The van der Waals surface area contributed by atoms with Gasteiger partial charge in [0.25, 0.3) is 0 Å². The van der Waals surface area contributed by atoms with Crippen LogP contribution in [0.2, 0.25) is 0 Å². The van der Waals surface area contributed by atoms with Crippen LogP contribution in [0.15, 0.2) is 42.1 Å². The molecule has 0 unspecified atom stereocenters. The van der Waals surface area contributed by atoms with Crippen molar-refractivity contribution in [2.75, 3.05) is 6.61 Å². The first-order chi connectivity index (χ1) is 9.60. The van der Waals surface area contributed by atoms with Crippen molar-refractivity contribution in [1.82, 2.24) is 4.57 Å². The SMILES string of the molecule is C[n+]1ccn(CCOc2ccc(N=O)cc2[N+](=O)[O-])c1. The molecule has 0 saturated heterocycles. The molecule has 0 fully saturated rings. The highest BCUT2D eigenvalue weighted by Crippen LogP contribution is 2.31. The molecular weight excluding hydrogens is 264 g/mol. The van der Waals surface area contributed by atoms with E-state index in [1.54, 1.807) is 0 Å². The van der Waals surface area contributed by atoms with Crippen LogP contribution in [0, 0.1) is 15.0 Å². The second kappa shape index (κ2) is 5.91. The zero-order valence-corrected chi connectivity index (χ0v) is 10.8. The Morgan fingerprint density at radius 2 is 2.30 bits per heavy atom. The van der Waals surface area contributed by atoms with E-state index >= 15 is 0 Å². The third-order valence-corrected chi connectivity index (χ3v) is 2.68. The second-order valence-electron chi connectivity index (χ2n) is 4.17. The molecule has 0 bridgehead atoms. The molecule has 2 rings (SSSR count). The normalized spacial score (nSPS) is 10.2. The number of imidazole rings is 1. The van der Waals surface area contributed by atoms with Gasteiger partial charge in [0.2, 0.25) is 6.33 Å². The largest absolute Gasteiger partial charge is 0.483 e. The van der Waals surface area contributed by atoms with Crippen LogP contribution in [0.3, 0.4) is 0 Å². The molecular formula is C12H13N4O4+. The van der Waals surface area contributed by atoms with E-state index in [1.165, 1.54) is 12.1 Å². The van der Waals surface area contributed by atoms with Crippen LogP contribution in [-0.2, 0) is 13.6 Å². The van der Waals surface area contributed by atoms with Gasteiger partial charge >= 0.3 is 5.69 Å². The topological polar surface area (TPSA) is 90.6 Å². The first-order valence-electron chi connectivity index (χ1n) is 5.86. The van der Waals surface area contributed by atoms with Gasteiger partial charge in [0.1, 0.15) is 31.2 Å². The van der Waals surface area contributed by atoms with E-state index in [0.29, 0.717) is 6.54 Å². The van der Waals surface area contributed by atoms with Gasteiger partial charge in [-0.2, -0.15) is 0 Å². The summed E-state index contributed by atoms with van der Waals surface area (Å²) in [4.78, 5) is 20.7. The van der Waals surface area contributed by atoms with Crippen molar-refractivity contribution in [1.29, 1.82) is 0 Å². The number of rotatable bonds is 6. The Kier molecular flexibility index (Phi) is 4.04. The van der Waals surface area contributed by atoms with Crippen molar-refractivity contribution in [3.63, 3.8) is 0 Å². The maximum Gasteiger partial charge on any atom is 0.313 e. The smallest absolute Gasteiger partial charge is 0.313 e. The summed E-state index contributed by atoms with van der Waals surface area (Å²) in [6, 6.07) is 3.85. The lowest BCUT2D eigenvalue weighted by Crippen LogP contribution is -2.24. The molecule has 0 amide bonds. The van der Waals surface area contributed by atoms with Gasteiger partial charge in [-0.15, -0.1) is 4.91 Å². The predicted molar refractivity (Wildman–Crippen MR) is 69.7 cm³/mol. The molecule has 1 aromatic carbocycles. The quantitative estimate of drug-likeness (QED) is 0.348. The number of nitrogens with zero attached hydrogens (tertiary/aromatic N) is 4. The van der Waals surface area contributed by atoms with Crippen LogP contribution < -0.4 is 9.30 Å². The number of nitroso groups, excluding NO2 is 1. The molecule has 0 N–H and O–H groups in total. The third kappa shape index (κ3) is 3.16. The molecule has 0 spiro atoms. The fourth-order valence-electron chi connectivity index (χ4n) is 1.72. The number of nitro groups is 1. The number of nitro benzene ring substituents is 1. The number of aryl methyl sites for hydroxylation is 1. The van der Waals surface area contributed by atoms with E-state index < -0.39 is 4.92 Å². The summed E-state index contributed by atoms with van der Waals surface area (Å²) in [5.41, 5.74) is -0.262. The maximum absolute atomic E-state index is 10.9. The fourth-order valence-corrected chi connectivity index (χ4v) is 1.72. The molecule has 0 aliphatic heterocycles. The highest BCUT2D eigenvalue weighted by atomic mass is 16.6. The summed E-state index contributed by atoms with van der Waals surface area (Å²) in [5.74, 6) is 0.124. The Labute approximate surface area is 114 Å². The zero-order chi connectivity index (χ0) is 14.5. The molecule has 8 nitrogen and oxygen atoms in total. The van der Waals surface area contributed by atoms with Crippen molar-refractivity contribution >= 4 is 11.4 Å². The Bertz CT molecular complexity index is 638. The van der Waals surface area contributed by atoms with Gasteiger partial charge in [-0.05, 0) is 17.3 Å². The third-order valence-electron chi connectivity index (χ3n) is 2.68. The summed E-state index contributed by atoms with van der Waals surface area (Å²) < 4.78 is 9.17. The van der Waals surface area contributed by atoms with Gasteiger partial charge in [-0.3, -0.25) is 10.1 Å². The van der Waals surface area contributed by atoms with E-state index in [1.807, 2.05) is 34.9 Å². The van der Waals surface area contributed by atoms with Crippen molar-refractivity contribution < 1.29 is 14.2 Å². The van der Waals surface area contributed by atoms with Gasteiger partial charge in [0.15, 0.2) is 5.75 Å². The second-order valence-corrected chi connectivity index (χ2v) is 4.17. The van der Waals surface area contributed by atoms with Gasteiger partial charge in [0, 0.05) is 6.07 Å². The monoisotopic (exact) mass is 277 g/mol. The first-order valence-corrected chi connectivity index (χ1v) is 5.86. The number of ether oxygens (including phenoxy) is 1. The number of hydrogen-bond acceptors (Lipinski definition) is 5. The molecule has 20 heavy (non-hydrogen) atoms. The summed E-state index contributed by atoms with van der Waals surface area (Å²) in [5, 5.41) is 13.6. The van der Waals surface area contributed by atoms with Gasteiger partial charge in [-0.25, -0.2) is 9.13 Å². The van der Waals surface area contributed by atoms with E-state index in [0.717, 1.165) is 6.07 Å². The number of benzene rings is 1. The zero-order valence-electron chi connectivity index (χ0n) is 10.8. The molecule has 0 atom stereocenters.